The van der Waals surface area contributed by atoms with Crippen molar-refractivity contribution in [3.63, 3.8) is 0 Å². The molecule has 6 nitrogen and oxygen atoms in total. The summed E-state index contributed by atoms with van der Waals surface area (Å²) in [4.78, 5) is 14.0. The Bertz CT molecular complexity index is 657. The van der Waals surface area contributed by atoms with Gasteiger partial charge < -0.3 is 15.0 Å². The van der Waals surface area contributed by atoms with E-state index < -0.39 is 0 Å². The Balaban J connectivity index is 1.71. The van der Waals surface area contributed by atoms with Gasteiger partial charge >= 0.3 is 0 Å². The van der Waals surface area contributed by atoms with Crippen LogP contribution in [0.4, 0.5) is 11.5 Å². The van der Waals surface area contributed by atoms with Crippen LogP contribution in [0.15, 0.2) is 36.4 Å². The zero-order valence-electron chi connectivity index (χ0n) is 12.5. The molecule has 1 N–H and O–H groups in total. The molecule has 0 saturated heterocycles. The minimum Gasteiger partial charge on any atom is -0.383 e. The largest absolute Gasteiger partial charge is 0.383 e. The molecule has 3 rings (SSSR count). The standard InChI is InChI=1S/C16H18N4O2/c1-22-11-9-17-16(21)13-6-7-15(19-18-13)20-10-8-12-4-2-3-5-14(12)20/h2-7H,8-11H2,1H3,(H,17,21). The van der Waals surface area contributed by atoms with Crippen molar-refractivity contribution in [3.05, 3.63) is 47.7 Å². The fraction of sp³-hybridized carbons (Fsp3) is 0.312. The SMILES string of the molecule is COCCNC(=O)c1ccc(N2CCc3ccccc32)nn1. The Hall–Kier alpha value is -2.47. The van der Waals surface area contributed by atoms with Crippen molar-refractivity contribution in [3.8, 4) is 0 Å². The third-order valence-electron chi connectivity index (χ3n) is 3.64. The molecule has 0 spiro atoms. The van der Waals surface area contributed by atoms with Crippen LogP contribution in [-0.4, -0.2) is 42.9 Å². The summed E-state index contributed by atoms with van der Waals surface area (Å²) >= 11 is 0. The Morgan fingerprint density at radius 2 is 2.14 bits per heavy atom. The quantitative estimate of drug-likeness (QED) is 0.848. The minimum atomic E-state index is -0.238. The summed E-state index contributed by atoms with van der Waals surface area (Å²) in [6, 6.07) is 11.8. The van der Waals surface area contributed by atoms with Crippen LogP contribution in [0.1, 0.15) is 16.1 Å². The highest BCUT2D eigenvalue weighted by molar-refractivity contribution is 5.92. The topological polar surface area (TPSA) is 67.3 Å². The zero-order chi connectivity index (χ0) is 15.4. The number of amides is 1. The third-order valence-corrected chi connectivity index (χ3v) is 3.64. The average molecular weight is 298 g/mol. The molecule has 1 aromatic heterocycles. The molecule has 0 aliphatic carbocycles. The highest BCUT2D eigenvalue weighted by atomic mass is 16.5. The second-order valence-electron chi connectivity index (χ2n) is 5.06. The molecule has 1 aromatic carbocycles. The van der Waals surface area contributed by atoms with Crippen LogP contribution in [0.3, 0.4) is 0 Å². The van der Waals surface area contributed by atoms with Crippen molar-refractivity contribution in [2.75, 3.05) is 31.7 Å². The van der Waals surface area contributed by atoms with Crippen molar-refractivity contribution in [1.29, 1.82) is 0 Å². The first kappa shape index (κ1) is 14.5. The average Bonchev–Trinajstić information content (AvgIpc) is 2.99. The summed E-state index contributed by atoms with van der Waals surface area (Å²) in [6.07, 6.45) is 0.997. The van der Waals surface area contributed by atoms with E-state index >= 15 is 0 Å². The molecular formula is C16H18N4O2. The van der Waals surface area contributed by atoms with Crippen LogP contribution in [0.2, 0.25) is 0 Å². The van der Waals surface area contributed by atoms with E-state index in [4.69, 9.17) is 4.74 Å². The van der Waals surface area contributed by atoms with Crippen molar-refractivity contribution in [1.82, 2.24) is 15.5 Å². The van der Waals surface area contributed by atoms with Gasteiger partial charge in [0.25, 0.3) is 5.91 Å². The number of carbonyl (C=O) groups excluding carboxylic acids is 1. The summed E-state index contributed by atoms with van der Waals surface area (Å²) in [6.45, 7) is 1.81. The molecule has 1 amide bonds. The number of nitrogens with one attached hydrogen (secondary N) is 1. The van der Waals surface area contributed by atoms with E-state index in [1.165, 1.54) is 5.56 Å². The number of aromatic nitrogens is 2. The number of fused-ring (bicyclic) bond motifs is 1. The molecule has 1 aliphatic heterocycles. The maximum Gasteiger partial charge on any atom is 0.271 e. The van der Waals surface area contributed by atoms with Crippen molar-refractivity contribution in [2.45, 2.75) is 6.42 Å². The second-order valence-corrected chi connectivity index (χ2v) is 5.06. The van der Waals surface area contributed by atoms with Crippen LogP contribution in [0.25, 0.3) is 0 Å². The lowest BCUT2D eigenvalue weighted by molar-refractivity contribution is 0.0931. The summed E-state index contributed by atoms with van der Waals surface area (Å²) in [5, 5.41) is 10.9. The molecule has 6 heteroatoms. The first-order valence-corrected chi connectivity index (χ1v) is 7.26. The van der Waals surface area contributed by atoms with Crippen molar-refractivity contribution in [2.24, 2.45) is 0 Å². The predicted octanol–water partition coefficient (Wildman–Crippen LogP) is 1.55. The van der Waals surface area contributed by atoms with Gasteiger partial charge in [-0.25, -0.2) is 0 Å². The van der Waals surface area contributed by atoms with Crippen LogP contribution in [0.5, 0.6) is 0 Å². The number of carbonyl (C=O) groups is 1. The van der Waals surface area contributed by atoms with Gasteiger partial charge in [0.05, 0.1) is 6.61 Å². The van der Waals surface area contributed by atoms with Crippen LogP contribution in [0, 0.1) is 0 Å². The number of para-hydroxylation sites is 1. The number of hydrogen-bond acceptors (Lipinski definition) is 5. The lowest BCUT2D eigenvalue weighted by atomic mass is 10.2. The summed E-state index contributed by atoms with van der Waals surface area (Å²) < 4.78 is 4.89. The molecule has 0 saturated carbocycles. The molecule has 2 heterocycles. The van der Waals surface area contributed by atoms with Crippen LogP contribution in [-0.2, 0) is 11.2 Å². The third kappa shape index (κ3) is 2.92. The van der Waals surface area contributed by atoms with Crippen LogP contribution >= 0.6 is 0 Å². The molecule has 0 fully saturated rings. The molecule has 22 heavy (non-hydrogen) atoms. The fourth-order valence-electron chi connectivity index (χ4n) is 2.52. The first-order chi connectivity index (χ1) is 10.8. The number of nitrogens with zero attached hydrogens (tertiary/aromatic N) is 3. The molecule has 0 unspecified atom stereocenters. The Kier molecular flexibility index (Phi) is 4.29. The number of benzene rings is 1. The summed E-state index contributed by atoms with van der Waals surface area (Å²) in [5.74, 6) is 0.524. The van der Waals surface area contributed by atoms with E-state index in [9.17, 15) is 4.79 Å². The molecule has 0 bridgehead atoms. The van der Waals surface area contributed by atoms with Gasteiger partial charge in [0.1, 0.15) is 0 Å². The number of methoxy groups -OCH3 is 1. The highest BCUT2D eigenvalue weighted by Crippen LogP contribution is 2.32. The van der Waals surface area contributed by atoms with Gasteiger partial charge in [0.15, 0.2) is 11.5 Å². The monoisotopic (exact) mass is 298 g/mol. The van der Waals surface area contributed by atoms with E-state index in [1.807, 2.05) is 18.2 Å². The lowest BCUT2D eigenvalue weighted by Crippen LogP contribution is -2.28. The fourth-order valence-corrected chi connectivity index (χ4v) is 2.52. The summed E-state index contributed by atoms with van der Waals surface area (Å²) in [5.41, 5.74) is 2.78. The van der Waals surface area contributed by atoms with Gasteiger partial charge in [-0.05, 0) is 30.2 Å². The number of rotatable bonds is 5. The van der Waals surface area contributed by atoms with E-state index in [-0.39, 0.29) is 5.91 Å². The van der Waals surface area contributed by atoms with E-state index in [1.54, 1.807) is 13.2 Å². The molecule has 0 atom stereocenters. The van der Waals surface area contributed by atoms with E-state index in [0.29, 0.717) is 18.8 Å². The van der Waals surface area contributed by atoms with Gasteiger partial charge in [-0.2, -0.15) is 0 Å². The van der Waals surface area contributed by atoms with Gasteiger partial charge in [0, 0.05) is 25.9 Å². The number of anilines is 2. The molecule has 0 radical (unpaired) electrons. The molecule has 2 aromatic rings. The van der Waals surface area contributed by atoms with Gasteiger partial charge in [0.2, 0.25) is 0 Å². The number of ether oxygens (including phenoxy) is 1. The minimum absolute atomic E-state index is 0.238. The Morgan fingerprint density at radius 1 is 1.27 bits per heavy atom. The zero-order valence-corrected chi connectivity index (χ0v) is 12.5. The Morgan fingerprint density at radius 3 is 2.91 bits per heavy atom. The van der Waals surface area contributed by atoms with Gasteiger partial charge in [-0.3, -0.25) is 4.79 Å². The lowest BCUT2D eigenvalue weighted by Gasteiger charge is -2.17. The number of hydrogen-bond donors (Lipinski definition) is 1. The summed E-state index contributed by atoms with van der Waals surface area (Å²) in [7, 11) is 1.59. The van der Waals surface area contributed by atoms with E-state index in [0.717, 1.165) is 24.5 Å². The molecule has 114 valence electrons. The smallest absolute Gasteiger partial charge is 0.271 e. The maximum atomic E-state index is 11.9. The highest BCUT2D eigenvalue weighted by Gasteiger charge is 2.21. The second kappa shape index (κ2) is 6.53. The normalized spacial score (nSPS) is 13.0. The van der Waals surface area contributed by atoms with Crippen molar-refractivity contribution < 1.29 is 9.53 Å². The molecule has 1 aliphatic rings. The predicted molar refractivity (Wildman–Crippen MR) is 83.4 cm³/mol. The van der Waals surface area contributed by atoms with Crippen LogP contribution < -0.4 is 10.2 Å². The van der Waals surface area contributed by atoms with Crippen molar-refractivity contribution >= 4 is 17.4 Å². The first-order valence-electron chi connectivity index (χ1n) is 7.26. The Labute approximate surface area is 129 Å². The molecular weight excluding hydrogens is 280 g/mol. The van der Waals surface area contributed by atoms with Gasteiger partial charge in [-0.15, -0.1) is 10.2 Å². The van der Waals surface area contributed by atoms with E-state index in [2.05, 4.69) is 32.5 Å². The van der Waals surface area contributed by atoms with Gasteiger partial charge in [-0.1, -0.05) is 18.2 Å². The maximum absolute atomic E-state index is 11.9.